The van der Waals surface area contributed by atoms with Crippen LogP contribution >= 0.6 is 0 Å². The summed E-state index contributed by atoms with van der Waals surface area (Å²) in [5.41, 5.74) is 3.78. The Morgan fingerprint density at radius 3 is 2.61 bits per heavy atom. The maximum Gasteiger partial charge on any atom is 0.254 e. The van der Waals surface area contributed by atoms with E-state index in [-0.39, 0.29) is 17.1 Å². The number of methoxy groups -OCH3 is 2. The van der Waals surface area contributed by atoms with Gasteiger partial charge in [0.05, 0.1) is 32.0 Å². The van der Waals surface area contributed by atoms with E-state index >= 15 is 0 Å². The van der Waals surface area contributed by atoms with E-state index in [1.165, 1.54) is 0 Å². The number of amides is 1. The summed E-state index contributed by atoms with van der Waals surface area (Å²) in [5, 5.41) is 6.31. The van der Waals surface area contributed by atoms with Gasteiger partial charge in [-0.25, -0.2) is 0 Å². The maximum atomic E-state index is 13.6. The van der Waals surface area contributed by atoms with Crippen LogP contribution in [0, 0.1) is 5.41 Å². The largest absolute Gasteiger partial charge is 0.493 e. The van der Waals surface area contributed by atoms with Crippen LogP contribution in [0.25, 0.3) is 0 Å². The fourth-order valence-corrected chi connectivity index (χ4v) is 4.82. The lowest BCUT2D eigenvalue weighted by atomic mass is 9.68. The molecular weight excluding hydrogens is 418 g/mol. The number of hydrogen-bond donors (Lipinski definition) is 2. The number of aromatic nitrogens is 1. The molecule has 4 rings (SSSR count). The molecule has 172 valence electrons. The van der Waals surface area contributed by atoms with E-state index in [0.29, 0.717) is 46.9 Å². The quantitative estimate of drug-likeness (QED) is 0.709. The number of allylic oxidation sites excluding steroid dienone is 3. The third-order valence-corrected chi connectivity index (χ3v) is 6.15. The molecule has 1 amide bonds. The number of anilines is 1. The molecule has 2 aromatic rings. The van der Waals surface area contributed by atoms with E-state index in [4.69, 9.17) is 9.47 Å². The first-order chi connectivity index (χ1) is 15.8. The number of rotatable bonds is 5. The zero-order valence-electron chi connectivity index (χ0n) is 19.6. The first kappa shape index (κ1) is 22.6. The number of ketones is 1. The van der Waals surface area contributed by atoms with Gasteiger partial charge in [0.15, 0.2) is 17.3 Å². The zero-order valence-corrected chi connectivity index (χ0v) is 19.6. The summed E-state index contributed by atoms with van der Waals surface area (Å²) in [6, 6.07) is 9.07. The third-order valence-electron chi connectivity index (χ3n) is 6.15. The lowest BCUT2D eigenvalue weighted by Gasteiger charge is -2.40. The zero-order chi connectivity index (χ0) is 23.8. The van der Waals surface area contributed by atoms with Gasteiger partial charge < -0.3 is 20.1 Å². The monoisotopic (exact) mass is 447 g/mol. The Morgan fingerprint density at radius 2 is 1.94 bits per heavy atom. The highest BCUT2D eigenvalue weighted by atomic mass is 16.5. The second-order valence-electron chi connectivity index (χ2n) is 9.21. The predicted octanol–water partition coefficient (Wildman–Crippen LogP) is 4.34. The van der Waals surface area contributed by atoms with E-state index in [1.54, 1.807) is 44.8 Å². The van der Waals surface area contributed by atoms with E-state index < -0.39 is 5.92 Å². The number of hydrogen-bond acceptors (Lipinski definition) is 6. The first-order valence-corrected chi connectivity index (χ1v) is 10.9. The molecule has 1 atom stereocenters. The Morgan fingerprint density at radius 1 is 1.15 bits per heavy atom. The standard InChI is InChI=1S/C26H29N3O4/c1-15-21(25(31)29-16-8-7-11-27-14-16)22(17-9-6-10-20(32-4)24(17)33-5)23-18(28-15)12-26(2,3)13-19(23)30/h6-11,14,22,28H,12-13H2,1-5H3,(H,29,31). The van der Waals surface area contributed by atoms with Crippen LogP contribution in [-0.4, -0.2) is 30.9 Å². The highest BCUT2D eigenvalue weighted by Crippen LogP contribution is 2.50. The Kier molecular flexibility index (Phi) is 5.97. The van der Waals surface area contributed by atoms with Crippen LogP contribution in [0.5, 0.6) is 11.5 Å². The molecule has 1 unspecified atom stereocenters. The van der Waals surface area contributed by atoms with Crippen LogP contribution in [0.15, 0.2) is 65.3 Å². The van der Waals surface area contributed by atoms with Gasteiger partial charge in [-0.2, -0.15) is 0 Å². The number of nitrogens with zero attached hydrogens (tertiary/aromatic N) is 1. The van der Waals surface area contributed by atoms with Crippen molar-refractivity contribution >= 4 is 17.4 Å². The van der Waals surface area contributed by atoms with Crippen molar-refractivity contribution in [3.05, 3.63) is 70.8 Å². The molecule has 0 spiro atoms. The van der Waals surface area contributed by atoms with Gasteiger partial charge in [-0.1, -0.05) is 26.0 Å². The minimum atomic E-state index is -0.591. The average Bonchev–Trinajstić information content (AvgIpc) is 2.77. The fourth-order valence-electron chi connectivity index (χ4n) is 4.82. The molecule has 1 aliphatic heterocycles. The lowest BCUT2D eigenvalue weighted by Crippen LogP contribution is -2.39. The predicted molar refractivity (Wildman–Crippen MR) is 126 cm³/mol. The van der Waals surface area contributed by atoms with Gasteiger partial charge in [0.25, 0.3) is 5.91 Å². The molecule has 0 saturated carbocycles. The van der Waals surface area contributed by atoms with Crippen LogP contribution in [0.3, 0.4) is 0 Å². The van der Waals surface area contributed by atoms with Gasteiger partial charge >= 0.3 is 0 Å². The molecule has 0 fully saturated rings. The fraction of sp³-hybridized carbons (Fsp3) is 0.346. The number of Topliss-reactive ketones (excluding diaryl/α,β-unsaturated/α-hetero) is 1. The summed E-state index contributed by atoms with van der Waals surface area (Å²) in [6.45, 7) is 6.04. The molecule has 2 heterocycles. The molecule has 1 aromatic carbocycles. The second-order valence-corrected chi connectivity index (χ2v) is 9.21. The number of para-hydroxylation sites is 1. The van der Waals surface area contributed by atoms with E-state index in [9.17, 15) is 9.59 Å². The van der Waals surface area contributed by atoms with E-state index in [1.807, 2.05) is 19.1 Å². The number of ether oxygens (including phenoxy) is 2. The summed E-state index contributed by atoms with van der Waals surface area (Å²) in [7, 11) is 3.13. The van der Waals surface area contributed by atoms with Crippen molar-refractivity contribution < 1.29 is 19.1 Å². The van der Waals surface area contributed by atoms with Crippen LogP contribution in [0.2, 0.25) is 0 Å². The highest BCUT2D eigenvalue weighted by Gasteiger charge is 2.43. The molecule has 0 bridgehead atoms. The Balaban J connectivity index is 1.89. The number of benzene rings is 1. The third kappa shape index (κ3) is 4.23. The molecule has 2 aliphatic rings. The molecule has 7 heteroatoms. The van der Waals surface area contributed by atoms with Crippen molar-refractivity contribution in [2.45, 2.75) is 39.5 Å². The SMILES string of the molecule is COc1cccc(C2C(C(=O)Nc3cccnc3)=C(C)NC3=C2C(=O)CC(C)(C)C3)c1OC. The lowest BCUT2D eigenvalue weighted by molar-refractivity contribution is -0.118. The molecule has 1 aromatic heterocycles. The van der Waals surface area contributed by atoms with Gasteiger partial charge in [-0.3, -0.25) is 14.6 Å². The Bertz CT molecular complexity index is 1170. The van der Waals surface area contributed by atoms with Gasteiger partial charge in [0.1, 0.15) is 0 Å². The first-order valence-electron chi connectivity index (χ1n) is 10.9. The van der Waals surface area contributed by atoms with E-state index in [0.717, 1.165) is 11.3 Å². The summed E-state index contributed by atoms with van der Waals surface area (Å²) in [6.07, 6.45) is 4.36. The number of carbonyl (C=O) groups excluding carboxylic acids is 2. The Hall–Kier alpha value is -3.61. The molecule has 0 radical (unpaired) electrons. The smallest absolute Gasteiger partial charge is 0.254 e. The average molecular weight is 448 g/mol. The molecule has 7 nitrogen and oxygen atoms in total. The molecule has 2 N–H and O–H groups in total. The normalized spacial score (nSPS) is 19.5. The number of carbonyl (C=O) groups is 2. The molecule has 1 aliphatic carbocycles. The molecular formula is C26H29N3O4. The summed E-state index contributed by atoms with van der Waals surface area (Å²) in [5.74, 6) is 0.196. The van der Waals surface area contributed by atoms with Crippen molar-refractivity contribution in [2.75, 3.05) is 19.5 Å². The van der Waals surface area contributed by atoms with Crippen LogP contribution in [0.1, 0.15) is 45.1 Å². The highest BCUT2D eigenvalue weighted by molar-refractivity contribution is 6.10. The minimum Gasteiger partial charge on any atom is -0.493 e. The number of dihydropyridines is 1. The van der Waals surface area contributed by atoms with Crippen LogP contribution < -0.4 is 20.1 Å². The Labute approximate surface area is 193 Å². The van der Waals surface area contributed by atoms with Crippen molar-refractivity contribution in [2.24, 2.45) is 5.41 Å². The summed E-state index contributed by atoms with van der Waals surface area (Å²) in [4.78, 5) is 31.1. The van der Waals surface area contributed by atoms with Crippen LogP contribution in [0.4, 0.5) is 5.69 Å². The van der Waals surface area contributed by atoms with E-state index in [2.05, 4.69) is 29.5 Å². The number of nitrogens with one attached hydrogen (secondary N) is 2. The van der Waals surface area contributed by atoms with Gasteiger partial charge in [-0.05, 0) is 37.0 Å². The van der Waals surface area contributed by atoms with Gasteiger partial charge in [0.2, 0.25) is 0 Å². The summed E-state index contributed by atoms with van der Waals surface area (Å²) < 4.78 is 11.2. The topological polar surface area (TPSA) is 89.5 Å². The van der Waals surface area contributed by atoms with Gasteiger partial charge in [-0.15, -0.1) is 0 Å². The number of pyridine rings is 1. The molecule has 33 heavy (non-hydrogen) atoms. The van der Waals surface area contributed by atoms with Gasteiger partial charge in [0, 0.05) is 40.7 Å². The maximum absolute atomic E-state index is 13.6. The minimum absolute atomic E-state index is 0.0304. The van der Waals surface area contributed by atoms with Crippen LogP contribution in [-0.2, 0) is 9.59 Å². The second kappa shape index (κ2) is 8.73. The van der Waals surface area contributed by atoms with Crippen molar-refractivity contribution in [3.8, 4) is 11.5 Å². The van der Waals surface area contributed by atoms with Crippen molar-refractivity contribution in [3.63, 3.8) is 0 Å². The summed E-state index contributed by atoms with van der Waals surface area (Å²) >= 11 is 0. The van der Waals surface area contributed by atoms with Crippen molar-refractivity contribution in [1.82, 2.24) is 10.3 Å². The van der Waals surface area contributed by atoms with Crippen molar-refractivity contribution in [1.29, 1.82) is 0 Å². The molecule has 0 saturated heterocycles.